The highest BCUT2D eigenvalue weighted by atomic mass is 32.2. The number of nitrogens with zero attached hydrogens (tertiary/aromatic N) is 1. The number of amidine groups is 1. The van der Waals surface area contributed by atoms with E-state index >= 15 is 0 Å². The molecule has 0 radical (unpaired) electrons. The van der Waals surface area contributed by atoms with Gasteiger partial charge in [0.25, 0.3) is 0 Å². The predicted molar refractivity (Wildman–Crippen MR) is 78.7 cm³/mol. The lowest BCUT2D eigenvalue weighted by atomic mass is 10.1. The third-order valence-electron chi connectivity index (χ3n) is 2.71. The number of hydrogen-bond acceptors (Lipinski definition) is 4. The molecule has 0 aromatic heterocycles. The van der Waals surface area contributed by atoms with E-state index in [1.165, 1.54) is 0 Å². The molecule has 1 aromatic rings. The molecule has 0 bridgehead atoms. The van der Waals surface area contributed by atoms with Crippen LogP contribution >= 0.6 is 11.8 Å². The monoisotopic (exact) mass is 267 g/mol. The summed E-state index contributed by atoms with van der Waals surface area (Å²) in [6, 6.07) is 5.61. The number of nitrogens with one attached hydrogen (secondary N) is 1. The zero-order valence-electron chi connectivity index (χ0n) is 11.2. The summed E-state index contributed by atoms with van der Waals surface area (Å²) in [6.45, 7) is 1.82. The van der Waals surface area contributed by atoms with E-state index in [-0.39, 0.29) is 5.84 Å². The van der Waals surface area contributed by atoms with E-state index in [9.17, 15) is 0 Å². The summed E-state index contributed by atoms with van der Waals surface area (Å²) in [5, 5.41) is 7.47. The summed E-state index contributed by atoms with van der Waals surface area (Å²) < 4.78 is 5.34. The Hall–Kier alpha value is -1.20. The minimum Gasteiger partial charge on any atom is -0.496 e. The minimum absolute atomic E-state index is 0.0886. The summed E-state index contributed by atoms with van der Waals surface area (Å²) in [6.07, 6.45) is 2.10. The predicted octanol–water partition coefficient (Wildman–Crippen LogP) is 1.77. The van der Waals surface area contributed by atoms with E-state index in [4.69, 9.17) is 15.9 Å². The molecule has 0 aliphatic rings. The average Bonchev–Trinajstić information content (AvgIpc) is 2.36. The Morgan fingerprint density at radius 1 is 1.50 bits per heavy atom. The van der Waals surface area contributed by atoms with Crippen molar-refractivity contribution >= 4 is 17.6 Å². The van der Waals surface area contributed by atoms with Crippen molar-refractivity contribution in [1.29, 1.82) is 5.41 Å². The van der Waals surface area contributed by atoms with Crippen LogP contribution in [0.3, 0.4) is 0 Å². The number of thioether (sulfide) groups is 1. The van der Waals surface area contributed by atoms with Gasteiger partial charge in [0.2, 0.25) is 0 Å². The van der Waals surface area contributed by atoms with Crippen LogP contribution in [0.15, 0.2) is 18.2 Å². The van der Waals surface area contributed by atoms with Crippen LogP contribution in [-0.2, 0) is 6.54 Å². The van der Waals surface area contributed by atoms with Crippen LogP contribution < -0.4 is 10.5 Å². The molecule has 4 nitrogen and oxygen atoms in total. The summed E-state index contributed by atoms with van der Waals surface area (Å²) in [7, 11) is 3.74. The highest BCUT2D eigenvalue weighted by molar-refractivity contribution is 7.98. The molecule has 0 aliphatic heterocycles. The van der Waals surface area contributed by atoms with Crippen LogP contribution in [0.1, 0.15) is 11.1 Å². The van der Waals surface area contributed by atoms with Gasteiger partial charge in [-0.15, -0.1) is 0 Å². The van der Waals surface area contributed by atoms with Gasteiger partial charge in [0.15, 0.2) is 0 Å². The van der Waals surface area contributed by atoms with Gasteiger partial charge in [0.1, 0.15) is 11.6 Å². The van der Waals surface area contributed by atoms with Crippen molar-refractivity contribution in [3.8, 4) is 5.75 Å². The zero-order valence-corrected chi connectivity index (χ0v) is 12.0. The van der Waals surface area contributed by atoms with E-state index < -0.39 is 0 Å². The maximum absolute atomic E-state index is 7.47. The van der Waals surface area contributed by atoms with Crippen molar-refractivity contribution in [2.45, 2.75) is 6.54 Å². The molecule has 0 heterocycles. The lowest BCUT2D eigenvalue weighted by Gasteiger charge is -2.18. The molecule has 0 unspecified atom stereocenters. The molecule has 0 spiro atoms. The van der Waals surface area contributed by atoms with Crippen molar-refractivity contribution in [3.05, 3.63) is 29.3 Å². The van der Waals surface area contributed by atoms with E-state index in [0.29, 0.717) is 0 Å². The Balaban J connectivity index is 2.84. The van der Waals surface area contributed by atoms with Crippen molar-refractivity contribution in [2.75, 3.05) is 32.7 Å². The van der Waals surface area contributed by atoms with Crippen LogP contribution in [0.5, 0.6) is 5.75 Å². The van der Waals surface area contributed by atoms with Gasteiger partial charge in [-0.2, -0.15) is 11.8 Å². The SMILES string of the molecule is COc1ccc(C(=N)N)cc1CN(C)CCSC. The van der Waals surface area contributed by atoms with E-state index in [1.54, 1.807) is 7.11 Å². The maximum atomic E-state index is 7.47. The number of rotatable bonds is 7. The Kier molecular flexibility index (Phi) is 6.01. The number of hydrogen-bond donors (Lipinski definition) is 2. The van der Waals surface area contributed by atoms with Gasteiger partial charge in [-0.3, -0.25) is 5.41 Å². The molecule has 100 valence electrons. The van der Waals surface area contributed by atoms with Gasteiger partial charge >= 0.3 is 0 Å². The summed E-state index contributed by atoms with van der Waals surface area (Å²) in [5.41, 5.74) is 7.31. The van der Waals surface area contributed by atoms with Crippen LogP contribution in [0, 0.1) is 5.41 Å². The molecule has 1 rings (SSSR count). The van der Waals surface area contributed by atoms with E-state index in [1.807, 2.05) is 30.0 Å². The standard InChI is InChI=1S/C13H21N3OS/c1-16(6-7-18-3)9-11-8-10(13(14)15)4-5-12(11)17-2/h4-5,8H,6-7,9H2,1-3H3,(H3,14,15). The number of nitrogen functional groups attached to an aromatic ring is 1. The van der Waals surface area contributed by atoms with Crippen molar-refractivity contribution < 1.29 is 4.74 Å². The largest absolute Gasteiger partial charge is 0.496 e. The minimum atomic E-state index is 0.0886. The molecule has 0 fully saturated rings. The van der Waals surface area contributed by atoms with Gasteiger partial charge in [-0.25, -0.2) is 0 Å². The fraction of sp³-hybridized carbons (Fsp3) is 0.462. The molecule has 18 heavy (non-hydrogen) atoms. The van der Waals surface area contributed by atoms with E-state index in [0.717, 1.165) is 35.7 Å². The molecule has 5 heteroatoms. The molecule has 1 aromatic carbocycles. The fourth-order valence-electron chi connectivity index (χ4n) is 1.69. The normalized spacial score (nSPS) is 10.7. The van der Waals surface area contributed by atoms with Gasteiger partial charge in [-0.1, -0.05) is 0 Å². The van der Waals surface area contributed by atoms with Crippen molar-refractivity contribution in [1.82, 2.24) is 4.90 Å². The van der Waals surface area contributed by atoms with Crippen LogP contribution in [0.4, 0.5) is 0 Å². The number of ether oxygens (including phenoxy) is 1. The lowest BCUT2D eigenvalue weighted by molar-refractivity contribution is 0.335. The first-order valence-corrected chi connectivity index (χ1v) is 7.16. The molecular formula is C13H21N3OS. The number of methoxy groups -OCH3 is 1. The second-order valence-corrected chi connectivity index (χ2v) is 5.16. The third-order valence-corrected chi connectivity index (χ3v) is 3.30. The number of benzene rings is 1. The molecule has 0 amide bonds. The molecular weight excluding hydrogens is 246 g/mol. The summed E-state index contributed by atoms with van der Waals surface area (Å²) in [4.78, 5) is 2.23. The van der Waals surface area contributed by atoms with Crippen LogP contribution in [0.25, 0.3) is 0 Å². The highest BCUT2D eigenvalue weighted by Crippen LogP contribution is 2.21. The Bertz CT molecular complexity index is 409. The second-order valence-electron chi connectivity index (χ2n) is 4.17. The van der Waals surface area contributed by atoms with Gasteiger partial charge in [0.05, 0.1) is 7.11 Å². The molecule has 0 saturated heterocycles. The van der Waals surface area contributed by atoms with Gasteiger partial charge < -0.3 is 15.4 Å². The quantitative estimate of drug-likeness (QED) is 0.584. The topological polar surface area (TPSA) is 62.3 Å². The average molecular weight is 267 g/mol. The highest BCUT2D eigenvalue weighted by Gasteiger charge is 2.08. The first kappa shape index (κ1) is 14.9. The van der Waals surface area contributed by atoms with Crippen LogP contribution in [0.2, 0.25) is 0 Å². The number of nitrogens with two attached hydrogens (primary N) is 1. The lowest BCUT2D eigenvalue weighted by Crippen LogP contribution is -2.21. The zero-order chi connectivity index (χ0) is 13.5. The summed E-state index contributed by atoms with van der Waals surface area (Å²) in [5.74, 6) is 2.03. The Morgan fingerprint density at radius 3 is 2.78 bits per heavy atom. The third kappa shape index (κ3) is 4.23. The second kappa shape index (κ2) is 7.28. The first-order chi connectivity index (χ1) is 8.58. The molecule has 0 atom stereocenters. The fourth-order valence-corrected chi connectivity index (χ4v) is 2.18. The molecule has 3 N–H and O–H groups in total. The maximum Gasteiger partial charge on any atom is 0.123 e. The summed E-state index contributed by atoms with van der Waals surface area (Å²) >= 11 is 1.83. The molecule has 0 saturated carbocycles. The Labute approximate surface area is 113 Å². The van der Waals surface area contributed by atoms with Crippen molar-refractivity contribution in [3.63, 3.8) is 0 Å². The Morgan fingerprint density at radius 2 is 2.22 bits per heavy atom. The molecule has 0 aliphatic carbocycles. The van der Waals surface area contributed by atoms with Gasteiger partial charge in [-0.05, 0) is 31.5 Å². The van der Waals surface area contributed by atoms with Crippen LogP contribution in [-0.4, -0.2) is 43.4 Å². The first-order valence-electron chi connectivity index (χ1n) is 5.77. The van der Waals surface area contributed by atoms with Gasteiger partial charge in [0, 0.05) is 30.0 Å². The smallest absolute Gasteiger partial charge is 0.123 e. The van der Waals surface area contributed by atoms with E-state index in [2.05, 4.69) is 18.2 Å². The van der Waals surface area contributed by atoms with Crippen molar-refractivity contribution in [2.24, 2.45) is 5.73 Å².